The van der Waals surface area contributed by atoms with E-state index in [-0.39, 0.29) is 5.91 Å². The Morgan fingerprint density at radius 2 is 2.04 bits per heavy atom. The van der Waals surface area contributed by atoms with Crippen molar-refractivity contribution in [2.75, 3.05) is 6.54 Å². The first-order chi connectivity index (χ1) is 12.5. The molecule has 2 aromatic heterocycles. The highest BCUT2D eigenvalue weighted by Crippen LogP contribution is 2.32. The molecule has 0 bridgehead atoms. The Balaban J connectivity index is 1.61. The van der Waals surface area contributed by atoms with Gasteiger partial charge in [0.25, 0.3) is 5.91 Å². The van der Waals surface area contributed by atoms with E-state index in [9.17, 15) is 4.79 Å². The van der Waals surface area contributed by atoms with Gasteiger partial charge in [-0.05, 0) is 43.7 Å². The minimum atomic E-state index is -0.100. The van der Waals surface area contributed by atoms with Crippen molar-refractivity contribution in [2.45, 2.75) is 26.3 Å². The molecule has 1 aromatic carbocycles. The van der Waals surface area contributed by atoms with Gasteiger partial charge >= 0.3 is 0 Å². The molecule has 0 spiro atoms. The van der Waals surface area contributed by atoms with Gasteiger partial charge in [-0.3, -0.25) is 4.79 Å². The predicted octanol–water partition coefficient (Wildman–Crippen LogP) is 4.87. The summed E-state index contributed by atoms with van der Waals surface area (Å²) in [5.41, 5.74) is 0.938. The summed E-state index contributed by atoms with van der Waals surface area (Å²) < 4.78 is 2.00. The van der Waals surface area contributed by atoms with Crippen LogP contribution < -0.4 is 5.32 Å². The Bertz CT molecular complexity index is 920. The van der Waals surface area contributed by atoms with E-state index in [1.165, 1.54) is 11.3 Å². The maximum atomic E-state index is 12.4. The third kappa shape index (κ3) is 4.26. The summed E-state index contributed by atoms with van der Waals surface area (Å²) in [4.78, 5) is 14.0. The van der Waals surface area contributed by atoms with Crippen LogP contribution in [0.3, 0.4) is 0 Å². The van der Waals surface area contributed by atoms with Crippen LogP contribution in [-0.4, -0.2) is 27.2 Å². The Hall–Kier alpha value is -1.89. The second kappa shape index (κ2) is 8.20. The maximum Gasteiger partial charge on any atom is 0.261 e. The van der Waals surface area contributed by atoms with Crippen LogP contribution in [0.15, 0.2) is 36.7 Å². The highest BCUT2D eigenvalue weighted by atomic mass is 35.5. The molecule has 136 valence electrons. The zero-order chi connectivity index (χ0) is 18.7. The van der Waals surface area contributed by atoms with Crippen LogP contribution in [0.4, 0.5) is 0 Å². The summed E-state index contributed by atoms with van der Waals surface area (Å²) in [7, 11) is 0. The SMILES string of the molecule is CC(C)n1cnnc1CCNC(=O)c1ccc(-c2ccc(Cl)c(Cl)c2)s1. The Morgan fingerprint density at radius 3 is 2.77 bits per heavy atom. The van der Waals surface area contributed by atoms with Crippen LogP contribution in [0.1, 0.15) is 35.4 Å². The van der Waals surface area contributed by atoms with Crippen molar-refractivity contribution in [2.24, 2.45) is 0 Å². The van der Waals surface area contributed by atoms with Gasteiger partial charge in [0.2, 0.25) is 0 Å². The van der Waals surface area contributed by atoms with Crippen molar-refractivity contribution in [1.82, 2.24) is 20.1 Å². The molecule has 26 heavy (non-hydrogen) atoms. The van der Waals surface area contributed by atoms with Gasteiger partial charge in [0.05, 0.1) is 14.9 Å². The Kier molecular flexibility index (Phi) is 5.96. The lowest BCUT2D eigenvalue weighted by Gasteiger charge is -2.10. The number of benzene rings is 1. The molecule has 3 rings (SSSR count). The first-order valence-electron chi connectivity index (χ1n) is 8.17. The number of thiophene rings is 1. The molecule has 1 amide bonds. The van der Waals surface area contributed by atoms with Crippen LogP contribution in [0, 0.1) is 0 Å². The zero-order valence-electron chi connectivity index (χ0n) is 14.4. The van der Waals surface area contributed by atoms with E-state index in [0.29, 0.717) is 33.9 Å². The van der Waals surface area contributed by atoms with Gasteiger partial charge in [-0.15, -0.1) is 21.5 Å². The second-order valence-electron chi connectivity index (χ2n) is 6.05. The standard InChI is InChI=1S/C18H18Cl2N4OS/c1-11(2)24-10-22-23-17(24)7-8-21-18(25)16-6-5-15(26-16)12-3-4-13(19)14(20)9-12/h3-6,9-11H,7-8H2,1-2H3,(H,21,25). The number of nitrogens with zero attached hydrogens (tertiary/aromatic N) is 3. The molecule has 1 N–H and O–H groups in total. The van der Waals surface area contributed by atoms with E-state index in [1.807, 2.05) is 22.8 Å². The van der Waals surface area contributed by atoms with Gasteiger partial charge in [0, 0.05) is 23.9 Å². The van der Waals surface area contributed by atoms with Crippen LogP contribution in [-0.2, 0) is 6.42 Å². The summed E-state index contributed by atoms with van der Waals surface area (Å²) in [5, 5.41) is 12.0. The molecule has 0 aliphatic carbocycles. The molecule has 0 aliphatic rings. The van der Waals surface area contributed by atoms with Crippen molar-refractivity contribution in [3.05, 3.63) is 57.4 Å². The normalized spacial score (nSPS) is 11.1. The highest BCUT2D eigenvalue weighted by Gasteiger charge is 2.12. The van der Waals surface area contributed by atoms with E-state index >= 15 is 0 Å². The minimum Gasteiger partial charge on any atom is -0.351 e. The summed E-state index contributed by atoms with van der Waals surface area (Å²) in [6, 6.07) is 9.46. The van der Waals surface area contributed by atoms with E-state index in [4.69, 9.17) is 23.2 Å². The lowest BCUT2D eigenvalue weighted by molar-refractivity contribution is 0.0958. The van der Waals surface area contributed by atoms with Crippen molar-refractivity contribution in [1.29, 1.82) is 0 Å². The predicted molar refractivity (Wildman–Crippen MR) is 106 cm³/mol. The molecule has 0 aliphatic heterocycles. The molecule has 2 heterocycles. The fraction of sp³-hybridized carbons (Fsp3) is 0.278. The fourth-order valence-electron chi connectivity index (χ4n) is 2.52. The van der Waals surface area contributed by atoms with E-state index < -0.39 is 0 Å². The molecule has 0 radical (unpaired) electrons. The van der Waals surface area contributed by atoms with Crippen molar-refractivity contribution in [3.8, 4) is 10.4 Å². The molecule has 0 fully saturated rings. The van der Waals surface area contributed by atoms with Gasteiger partial charge in [0.1, 0.15) is 12.2 Å². The maximum absolute atomic E-state index is 12.4. The third-order valence-electron chi connectivity index (χ3n) is 3.87. The van der Waals surface area contributed by atoms with Crippen LogP contribution in [0.5, 0.6) is 0 Å². The second-order valence-corrected chi connectivity index (χ2v) is 7.95. The van der Waals surface area contributed by atoms with Crippen LogP contribution in [0.25, 0.3) is 10.4 Å². The number of hydrogen-bond acceptors (Lipinski definition) is 4. The summed E-state index contributed by atoms with van der Waals surface area (Å²) in [6.45, 7) is 4.65. The Labute approximate surface area is 166 Å². The number of hydrogen-bond donors (Lipinski definition) is 1. The molecule has 5 nitrogen and oxygen atoms in total. The van der Waals surface area contributed by atoms with Gasteiger partial charge < -0.3 is 9.88 Å². The topological polar surface area (TPSA) is 59.8 Å². The average molecular weight is 409 g/mol. The van der Waals surface area contributed by atoms with E-state index in [1.54, 1.807) is 18.5 Å². The van der Waals surface area contributed by atoms with E-state index in [2.05, 4.69) is 29.4 Å². The van der Waals surface area contributed by atoms with Gasteiger partial charge in [-0.25, -0.2) is 0 Å². The monoisotopic (exact) mass is 408 g/mol. The molecule has 0 atom stereocenters. The molecular weight excluding hydrogens is 391 g/mol. The van der Waals surface area contributed by atoms with Crippen molar-refractivity contribution >= 4 is 40.4 Å². The van der Waals surface area contributed by atoms with Crippen LogP contribution in [0.2, 0.25) is 10.0 Å². The molecule has 0 saturated heterocycles. The smallest absolute Gasteiger partial charge is 0.261 e. The minimum absolute atomic E-state index is 0.100. The van der Waals surface area contributed by atoms with Gasteiger partial charge in [0.15, 0.2) is 0 Å². The molecule has 8 heteroatoms. The van der Waals surface area contributed by atoms with Crippen molar-refractivity contribution in [3.63, 3.8) is 0 Å². The van der Waals surface area contributed by atoms with Crippen LogP contribution >= 0.6 is 34.5 Å². The number of carbonyl (C=O) groups excluding carboxylic acids is 1. The number of nitrogens with one attached hydrogen (secondary N) is 1. The summed E-state index contributed by atoms with van der Waals surface area (Å²) in [6.07, 6.45) is 2.35. The number of aromatic nitrogens is 3. The molecule has 0 unspecified atom stereocenters. The molecule has 0 saturated carbocycles. The number of amides is 1. The lowest BCUT2D eigenvalue weighted by Crippen LogP contribution is -2.25. The molecular formula is C18H18Cl2N4OS. The summed E-state index contributed by atoms with van der Waals surface area (Å²) >= 11 is 13.4. The largest absolute Gasteiger partial charge is 0.351 e. The first kappa shape index (κ1) is 18.9. The average Bonchev–Trinajstić information content (AvgIpc) is 3.26. The van der Waals surface area contributed by atoms with E-state index in [0.717, 1.165) is 16.3 Å². The molecule has 3 aromatic rings. The number of rotatable bonds is 6. The van der Waals surface area contributed by atoms with Crippen molar-refractivity contribution < 1.29 is 4.79 Å². The van der Waals surface area contributed by atoms with Gasteiger partial charge in [-0.2, -0.15) is 0 Å². The number of carbonyl (C=O) groups is 1. The quantitative estimate of drug-likeness (QED) is 0.632. The highest BCUT2D eigenvalue weighted by molar-refractivity contribution is 7.17. The summed E-state index contributed by atoms with van der Waals surface area (Å²) in [5.74, 6) is 0.764. The number of halogens is 2. The third-order valence-corrected chi connectivity index (χ3v) is 5.74. The zero-order valence-corrected chi connectivity index (χ0v) is 16.7. The lowest BCUT2D eigenvalue weighted by atomic mass is 10.2. The fourth-order valence-corrected chi connectivity index (χ4v) is 3.73. The first-order valence-corrected chi connectivity index (χ1v) is 9.75. The Morgan fingerprint density at radius 1 is 1.23 bits per heavy atom. The van der Waals surface area contributed by atoms with Gasteiger partial charge in [-0.1, -0.05) is 29.3 Å².